The monoisotopic (exact) mass is 438 g/mol. The SMILES string of the molecule is CC1CC(C)CN(CSc2ccc(NC(=O)CN3CNc4ccccc4C3=O)cc2)C1. The smallest absolute Gasteiger partial charge is 0.257 e. The first-order valence-electron chi connectivity index (χ1n) is 10.8. The van der Waals surface area contributed by atoms with Crippen molar-refractivity contribution >= 4 is 35.0 Å². The number of nitrogens with zero attached hydrogens (tertiary/aromatic N) is 2. The molecule has 2 heterocycles. The summed E-state index contributed by atoms with van der Waals surface area (Å²) >= 11 is 1.83. The Labute approximate surface area is 188 Å². The van der Waals surface area contributed by atoms with Crippen LogP contribution in [-0.2, 0) is 4.79 Å². The average molecular weight is 439 g/mol. The summed E-state index contributed by atoms with van der Waals surface area (Å²) in [5.41, 5.74) is 2.15. The fraction of sp³-hybridized carbons (Fsp3) is 0.417. The standard InChI is InChI=1S/C24H30N4O2S/c1-17-11-18(2)13-27(12-17)16-31-20-9-7-19(8-10-20)26-23(29)14-28-15-25-22-6-4-3-5-21(22)24(28)30/h3-10,17-18,25H,11-16H2,1-2H3,(H,26,29). The number of thioether (sulfide) groups is 1. The first-order valence-corrected chi connectivity index (χ1v) is 11.8. The van der Waals surface area contributed by atoms with Gasteiger partial charge in [0.15, 0.2) is 0 Å². The van der Waals surface area contributed by atoms with Gasteiger partial charge < -0.3 is 15.5 Å². The molecule has 164 valence electrons. The van der Waals surface area contributed by atoms with Crippen LogP contribution in [0.2, 0.25) is 0 Å². The number of piperidine rings is 1. The first kappa shape index (κ1) is 21.7. The van der Waals surface area contributed by atoms with E-state index in [1.165, 1.54) is 29.3 Å². The lowest BCUT2D eigenvalue weighted by atomic mass is 9.92. The van der Waals surface area contributed by atoms with E-state index in [0.717, 1.165) is 29.1 Å². The molecule has 2 aliphatic rings. The largest absolute Gasteiger partial charge is 0.367 e. The van der Waals surface area contributed by atoms with Crippen LogP contribution in [0, 0.1) is 11.8 Å². The summed E-state index contributed by atoms with van der Waals surface area (Å²) < 4.78 is 0. The highest BCUT2D eigenvalue weighted by atomic mass is 32.2. The van der Waals surface area contributed by atoms with E-state index in [9.17, 15) is 9.59 Å². The Balaban J connectivity index is 1.26. The van der Waals surface area contributed by atoms with Gasteiger partial charge in [0.2, 0.25) is 5.91 Å². The molecule has 2 amide bonds. The first-order chi connectivity index (χ1) is 15.0. The van der Waals surface area contributed by atoms with E-state index in [1.807, 2.05) is 54.2 Å². The van der Waals surface area contributed by atoms with Crippen LogP contribution in [0.15, 0.2) is 53.4 Å². The quantitative estimate of drug-likeness (QED) is 0.663. The predicted octanol–water partition coefficient (Wildman–Crippen LogP) is 4.18. The van der Waals surface area contributed by atoms with Crippen molar-refractivity contribution < 1.29 is 9.59 Å². The van der Waals surface area contributed by atoms with Crippen molar-refractivity contribution in [3.8, 4) is 0 Å². The lowest BCUT2D eigenvalue weighted by Gasteiger charge is -2.34. The summed E-state index contributed by atoms with van der Waals surface area (Å²) in [6.07, 6.45) is 1.32. The highest BCUT2D eigenvalue weighted by Gasteiger charge is 2.25. The molecule has 0 bridgehead atoms. The van der Waals surface area contributed by atoms with Gasteiger partial charge in [0.05, 0.1) is 12.2 Å². The second-order valence-corrected chi connectivity index (χ2v) is 9.73. The zero-order chi connectivity index (χ0) is 21.8. The molecule has 0 spiro atoms. The third-order valence-electron chi connectivity index (χ3n) is 5.74. The van der Waals surface area contributed by atoms with Crippen molar-refractivity contribution in [3.05, 3.63) is 54.1 Å². The molecule has 7 heteroatoms. The number of benzene rings is 2. The van der Waals surface area contributed by atoms with E-state index >= 15 is 0 Å². The van der Waals surface area contributed by atoms with Crippen LogP contribution < -0.4 is 10.6 Å². The van der Waals surface area contributed by atoms with Gasteiger partial charge in [-0.3, -0.25) is 14.5 Å². The normalized spacial score (nSPS) is 21.4. The number of rotatable bonds is 6. The Bertz CT molecular complexity index is 923. The van der Waals surface area contributed by atoms with Gasteiger partial charge in [-0.25, -0.2) is 0 Å². The Morgan fingerprint density at radius 3 is 2.55 bits per heavy atom. The van der Waals surface area contributed by atoms with E-state index in [2.05, 4.69) is 29.4 Å². The minimum absolute atomic E-state index is 0.0159. The van der Waals surface area contributed by atoms with Gasteiger partial charge in [-0.2, -0.15) is 0 Å². The Hall–Kier alpha value is -2.51. The van der Waals surface area contributed by atoms with Crippen LogP contribution in [0.5, 0.6) is 0 Å². The molecule has 2 N–H and O–H groups in total. The highest BCUT2D eigenvalue weighted by Crippen LogP contribution is 2.26. The van der Waals surface area contributed by atoms with Gasteiger partial charge >= 0.3 is 0 Å². The molecule has 4 rings (SSSR count). The number of anilines is 2. The summed E-state index contributed by atoms with van der Waals surface area (Å²) in [6, 6.07) is 15.3. The second kappa shape index (κ2) is 9.75. The molecule has 2 aromatic carbocycles. The maximum atomic E-state index is 12.6. The molecule has 1 saturated heterocycles. The summed E-state index contributed by atoms with van der Waals surface area (Å²) in [5, 5.41) is 6.08. The third-order valence-corrected chi connectivity index (χ3v) is 6.84. The highest BCUT2D eigenvalue weighted by molar-refractivity contribution is 7.99. The van der Waals surface area contributed by atoms with Crippen molar-refractivity contribution in [3.63, 3.8) is 0 Å². The number of likely N-dealkylation sites (tertiary alicyclic amines) is 1. The third kappa shape index (κ3) is 5.60. The number of hydrogen-bond donors (Lipinski definition) is 2. The van der Waals surface area contributed by atoms with Gasteiger partial charge in [-0.1, -0.05) is 26.0 Å². The number of amides is 2. The predicted molar refractivity (Wildman–Crippen MR) is 126 cm³/mol. The minimum atomic E-state index is -0.203. The van der Waals surface area contributed by atoms with Gasteiger partial charge in [0.1, 0.15) is 6.54 Å². The van der Waals surface area contributed by atoms with Gasteiger partial charge in [0, 0.05) is 35.2 Å². The van der Waals surface area contributed by atoms with Gasteiger partial charge in [-0.05, 0) is 54.7 Å². The number of fused-ring (bicyclic) bond motifs is 1. The Morgan fingerprint density at radius 2 is 1.81 bits per heavy atom. The Morgan fingerprint density at radius 1 is 1.10 bits per heavy atom. The molecule has 0 radical (unpaired) electrons. The molecule has 2 aliphatic heterocycles. The maximum absolute atomic E-state index is 12.6. The van der Waals surface area contributed by atoms with E-state index in [0.29, 0.717) is 12.2 Å². The van der Waals surface area contributed by atoms with Crippen LogP contribution in [-0.4, -0.2) is 53.8 Å². The zero-order valence-electron chi connectivity index (χ0n) is 18.1. The van der Waals surface area contributed by atoms with E-state index in [4.69, 9.17) is 0 Å². The molecule has 1 fully saturated rings. The molecule has 2 atom stereocenters. The molecule has 0 aliphatic carbocycles. The summed E-state index contributed by atoms with van der Waals surface area (Å²) in [4.78, 5) is 30.3. The number of para-hydroxylation sites is 1. The summed E-state index contributed by atoms with van der Waals surface area (Å²) in [7, 11) is 0. The van der Waals surface area contributed by atoms with Crippen LogP contribution in [0.4, 0.5) is 11.4 Å². The fourth-order valence-corrected chi connectivity index (χ4v) is 5.32. The van der Waals surface area contributed by atoms with Crippen molar-refractivity contribution in [1.82, 2.24) is 9.80 Å². The number of carbonyl (C=O) groups is 2. The average Bonchev–Trinajstić information content (AvgIpc) is 2.75. The van der Waals surface area contributed by atoms with Gasteiger partial charge in [-0.15, -0.1) is 11.8 Å². The molecule has 2 aromatic rings. The number of hydrogen-bond acceptors (Lipinski definition) is 5. The molecule has 0 aromatic heterocycles. The molecule has 2 unspecified atom stereocenters. The zero-order valence-corrected chi connectivity index (χ0v) is 19.0. The second-order valence-electron chi connectivity index (χ2n) is 8.71. The van der Waals surface area contributed by atoms with Crippen molar-refractivity contribution in [2.45, 2.75) is 25.2 Å². The molecular weight excluding hydrogens is 408 g/mol. The van der Waals surface area contributed by atoms with E-state index < -0.39 is 0 Å². The summed E-state index contributed by atoms with van der Waals surface area (Å²) in [6.45, 7) is 7.34. The van der Waals surface area contributed by atoms with Crippen LogP contribution in [0.3, 0.4) is 0 Å². The van der Waals surface area contributed by atoms with Crippen LogP contribution in [0.25, 0.3) is 0 Å². The maximum Gasteiger partial charge on any atom is 0.257 e. The van der Waals surface area contributed by atoms with Crippen molar-refractivity contribution in [2.24, 2.45) is 11.8 Å². The topological polar surface area (TPSA) is 64.7 Å². The van der Waals surface area contributed by atoms with Crippen molar-refractivity contribution in [1.29, 1.82) is 0 Å². The molecule has 0 saturated carbocycles. The molecular formula is C24H30N4O2S. The van der Waals surface area contributed by atoms with Crippen LogP contribution >= 0.6 is 11.8 Å². The van der Waals surface area contributed by atoms with Crippen molar-refractivity contribution in [2.75, 3.05) is 42.8 Å². The Kier molecular flexibility index (Phi) is 6.83. The van der Waals surface area contributed by atoms with E-state index in [1.54, 1.807) is 6.07 Å². The van der Waals surface area contributed by atoms with E-state index in [-0.39, 0.29) is 18.4 Å². The fourth-order valence-electron chi connectivity index (χ4n) is 4.45. The lowest BCUT2D eigenvalue weighted by Crippen LogP contribution is -2.44. The lowest BCUT2D eigenvalue weighted by molar-refractivity contribution is -0.116. The molecule has 6 nitrogen and oxygen atoms in total. The van der Waals surface area contributed by atoms with Crippen LogP contribution in [0.1, 0.15) is 30.6 Å². The van der Waals surface area contributed by atoms with Gasteiger partial charge in [0.25, 0.3) is 5.91 Å². The number of carbonyl (C=O) groups excluding carboxylic acids is 2. The minimum Gasteiger partial charge on any atom is -0.367 e. The number of nitrogens with one attached hydrogen (secondary N) is 2. The molecule has 31 heavy (non-hydrogen) atoms. The summed E-state index contributed by atoms with van der Waals surface area (Å²) in [5.74, 6) is 2.19.